The van der Waals surface area contributed by atoms with Crippen LogP contribution in [0.3, 0.4) is 0 Å². The van der Waals surface area contributed by atoms with E-state index < -0.39 is 0 Å². The quantitative estimate of drug-likeness (QED) is 0.783. The van der Waals surface area contributed by atoms with Gasteiger partial charge in [0, 0.05) is 45.0 Å². The van der Waals surface area contributed by atoms with Gasteiger partial charge >= 0.3 is 0 Å². The first-order valence-electron chi connectivity index (χ1n) is 7.20. The molecule has 1 fully saturated rings. The highest BCUT2D eigenvalue weighted by Crippen LogP contribution is 2.20. The van der Waals surface area contributed by atoms with Gasteiger partial charge in [-0.05, 0) is 26.3 Å². The molecule has 0 aromatic rings. The highest BCUT2D eigenvalue weighted by molar-refractivity contribution is 5.79. The van der Waals surface area contributed by atoms with Gasteiger partial charge in [0.15, 0.2) is 0 Å². The van der Waals surface area contributed by atoms with Gasteiger partial charge < -0.3 is 15.5 Å². The van der Waals surface area contributed by atoms with Crippen LogP contribution in [0.25, 0.3) is 0 Å². The molecule has 2 N–H and O–H groups in total. The third-order valence-corrected chi connectivity index (χ3v) is 4.24. The molecule has 1 atom stereocenters. The Morgan fingerprint density at radius 3 is 2.95 bits per heavy atom. The van der Waals surface area contributed by atoms with Gasteiger partial charge in [-0.2, -0.15) is 0 Å². The van der Waals surface area contributed by atoms with Crippen molar-refractivity contribution in [1.82, 2.24) is 14.7 Å². The van der Waals surface area contributed by atoms with Gasteiger partial charge in [0.25, 0.3) is 0 Å². The molecule has 0 radical (unpaired) electrons. The predicted octanol–water partition coefficient (Wildman–Crippen LogP) is 0.0873. The van der Waals surface area contributed by atoms with Gasteiger partial charge in [0.05, 0.1) is 6.54 Å². The minimum atomic E-state index is 0.191. The normalized spacial score (nSPS) is 25.4. The summed E-state index contributed by atoms with van der Waals surface area (Å²) in [4.78, 5) is 18.7. The number of likely N-dealkylation sites (N-methyl/N-ethyl adjacent to an activating group) is 2. The summed E-state index contributed by atoms with van der Waals surface area (Å²) < 4.78 is 0. The van der Waals surface area contributed by atoms with Gasteiger partial charge in [0.2, 0.25) is 5.91 Å². The molecule has 1 amide bonds. The van der Waals surface area contributed by atoms with Gasteiger partial charge in [-0.3, -0.25) is 9.69 Å². The Morgan fingerprint density at radius 2 is 2.32 bits per heavy atom. The summed E-state index contributed by atoms with van der Waals surface area (Å²) in [7, 11) is 4.00. The van der Waals surface area contributed by atoms with Gasteiger partial charge in [0.1, 0.15) is 0 Å². The molecule has 1 aliphatic carbocycles. The van der Waals surface area contributed by atoms with E-state index in [1.165, 1.54) is 12.1 Å². The molecule has 0 aromatic carbocycles. The maximum Gasteiger partial charge on any atom is 0.240 e. The smallest absolute Gasteiger partial charge is 0.240 e. The molecule has 0 aromatic heterocycles. The van der Waals surface area contributed by atoms with Gasteiger partial charge in [-0.1, -0.05) is 6.08 Å². The fourth-order valence-corrected chi connectivity index (χ4v) is 2.88. The van der Waals surface area contributed by atoms with Crippen LogP contribution in [0.1, 0.15) is 19.3 Å². The average molecular weight is 266 g/mol. The monoisotopic (exact) mass is 266 g/mol. The Hall–Kier alpha value is -0.910. The van der Waals surface area contributed by atoms with E-state index in [-0.39, 0.29) is 5.91 Å². The second-order valence-corrected chi connectivity index (χ2v) is 5.66. The molecular formula is C14H26N4O. The summed E-state index contributed by atoms with van der Waals surface area (Å²) in [6.45, 7) is 4.00. The number of carbonyl (C=O) groups is 1. The summed E-state index contributed by atoms with van der Waals surface area (Å²) in [6, 6.07) is 0.300. The fourth-order valence-electron chi connectivity index (χ4n) is 2.88. The molecule has 2 rings (SSSR count). The van der Waals surface area contributed by atoms with Crippen LogP contribution >= 0.6 is 0 Å². The van der Waals surface area contributed by atoms with E-state index in [0.717, 1.165) is 32.5 Å². The molecule has 5 heteroatoms. The molecule has 0 saturated carbocycles. The second-order valence-electron chi connectivity index (χ2n) is 5.66. The van der Waals surface area contributed by atoms with E-state index in [1.54, 1.807) is 0 Å². The zero-order chi connectivity index (χ0) is 13.8. The Balaban J connectivity index is 1.90. The molecule has 19 heavy (non-hydrogen) atoms. The minimum absolute atomic E-state index is 0.191. The van der Waals surface area contributed by atoms with E-state index in [0.29, 0.717) is 19.1 Å². The Kier molecular flexibility index (Phi) is 4.96. The standard InChI is InChI=1S/C14H26N4O/c1-16-7-8-18(13(9-15)10-16)11-14(19)17(2)12-5-3-4-6-12/h5,13H,3-4,6-11,15H2,1-2H3. The van der Waals surface area contributed by atoms with Crippen molar-refractivity contribution in [1.29, 1.82) is 0 Å². The number of rotatable bonds is 4. The maximum atomic E-state index is 12.3. The number of hydrogen-bond acceptors (Lipinski definition) is 4. The first-order chi connectivity index (χ1) is 9.11. The van der Waals surface area contributed by atoms with E-state index in [2.05, 4.69) is 22.9 Å². The number of hydrogen-bond donors (Lipinski definition) is 1. The zero-order valence-electron chi connectivity index (χ0n) is 12.1. The predicted molar refractivity (Wildman–Crippen MR) is 76.6 cm³/mol. The summed E-state index contributed by atoms with van der Waals surface area (Å²) in [6.07, 6.45) is 5.49. The Labute approximate surface area is 116 Å². The lowest BCUT2D eigenvalue weighted by Crippen LogP contribution is -2.56. The van der Waals surface area contributed by atoms with E-state index in [4.69, 9.17) is 5.73 Å². The van der Waals surface area contributed by atoms with Crippen molar-refractivity contribution in [2.75, 3.05) is 46.8 Å². The second kappa shape index (κ2) is 6.50. The lowest BCUT2D eigenvalue weighted by molar-refractivity contribution is -0.130. The molecule has 2 aliphatic rings. The number of carbonyl (C=O) groups excluding carboxylic acids is 1. The van der Waals surface area contributed by atoms with Gasteiger partial charge in [-0.15, -0.1) is 0 Å². The SMILES string of the molecule is CN1CCN(CC(=O)N(C)C2=CCCC2)C(CN)C1. The van der Waals surface area contributed by atoms with Crippen LogP contribution in [0.15, 0.2) is 11.8 Å². The number of piperazine rings is 1. The number of nitrogens with zero attached hydrogens (tertiary/aromatic N) is 3. The third kappa shape index (κ3) is 3.55. The zero-order valence-corrected chi connectivity index (χ0v) is 12.1. The van der Waals surface area contributed by atoms with Crippen molar-refractivity contribution in [2.24, 2.45) is 5.73 Å². The van der Waals surface area contributed by atoms with Gasteiger partial charge in [-0.25, -0.2) is 0 Å². The molecule has 108 valence electrons. The molecular weight excluding hydrogens is 240 g/mol. The lowest BCUT2D eigenvalue weighted by Gasteiger charge is -2.39. The highest BCUT2D eigenvalue weighted by atomic mass is 16.2. The molecule has 1 heterocycles. The molecule has 0 bridgehead atoms. The molecule has 1 saturated heterocycles. The molecule has 1 unspecified atom stereocenters. The fraction of sp³-hybridized carbons (Fsp3) is 0.786. The van der Waals surface area contributed by atoms with Crippen LogP contribution < -0.4 is 5.73 Å². The van der Waals surface area contributed by atoms with Crippen molar-refractivity contribution < 1.29 is 4.79 Å². The van der Waals surface area contributed by atoms with Crippen LogP contribution in [0.2, 0.25) is 0 Å². The van der Waals surface area contributed by atoms with Crippen molar-refractivity contribution in [3.63, 3.8) is 0 Å². The van der Waals surface area contributed by atoms with E-state index in [1.807, 2.05) is 11.9 Å². The van der Waals surface area contributed by atoms with Crippen LogP contribution in [-0.2, 0) is 4.79 Å². The van der Waals surface area contributed by atoms with Crippen LogP contribution in [-0.4, -0.2) is 73.5 Å². The average Bonchev–Trinajstić information content (AvgIpc) is 2.93. The van der Waals surface area contributed by atoms with E-state index in [9.17, 15) is 4.79 Å². The summed E-state index contributed by atoms with van der Waals surface area (Å²) in [5.41, 5.74) is 7.01. The van der Waals surface area contributed by atoms with Crippen molar-refractivity contribution in [3.8, 4) is 0 Å². The number of nitrogens with two attached hydrogens (primary N) is 1. The summed E-state index contributed by atoms with van der Waals surface area (Å²) >= 11 is 0. The number of allylic oxidation sites excluding steroid dienone is 2. The summed E-state index contributed by atoms with van der Waals surface area (Å²) in [5.74, 6) is 0.191. The first kappa shape index (κ1) is 14.5. The maximum absolute atomic E-state index is 12.3. The lowest BCUT2D eigenvalue weighted by atomic mass is 10.1. The van der Waals surface area contributed by atoms with Crippen LogP contribution in [0, 0.1) is 0 Å². The molecule has 0 spiro atoms. The summed E-state index contributed by atoms with van der Waals surface area (Å²) in [5, 5.41) is 0. The minimum Gasteiger partial charge on any atom is -0.329 e. The van der Waals surface area contributed by atoms with E-state index >= 15 is 0 Å². The number of amides is 1. The highest BCUT2D eigenvalue weighted by Gasteiger charge is 2.27. The largest absolute Gasteiger partial charge is 0.329 e. The Morgan fingerprint density at radius 1 is 1.53 bits per heavy atom. The van der Waals surface area contributed by atoms with Crippen molar-refractivity contribution in [2.45, 2.75) is 25.3 Å². The van der Waals surface area contributed by atoms with Crippen LogP contribution in [0.4, 0.5) is 0 Å². The Bertz CT molecular complexity index is 355. The first-order valence-corrected chi connectivity index (χ1v) is 7.20. The van der Waals surface area contributed by atoms with Crippen LogP contribution in [0.5, 0.6) is 0 Å². The van der Waals surface area contributed by atoms with Crippen molar-refractivity contribution >= 4 is 5.91 Å². The van der Waals surface area contributed by atoms with Crippen molar-refractivity contribution in [3.05, 3.63) is 11.8 Å². The molecule has 1 aliphatic heterocycles. The topological polar surface area (TPSA) is 52.8 Å². The molecule has 5 nitrogen and oxygen atoms in total. The third-order valence-electron chi connectivity index (χ3n) is 4.24.